The van der Waals surface area contributed by atoms with E-state index in [2.05, 4.69) is 0 Å². The molecule has 0 fully saturated rings. The Morgan fingerprint density at radius 3 is 2.00 bits per heavy atom. The average Bonchev–Trinajstić information content (AvgIpc) is 2.59. The number of hydroxylamine groups is 2. The van der Waals surface area contributed by atoms with Crippen molar-refractivity contribution in [3.05, 3.63) is 82.4 Å². The van der Waals surface area contributed by atoms with Gasteiger partial charge in [-0.3, -0.25) is 14.8 Å². The molecule has 2 amide bonds. The van der Waals surface area contributed by atoms with Gasteiger partial charge < -0.3 is 5.73 Å². The number of carbonyl (C=O) groups is 2. The number of nitrogens with two attached hydrogens (primary N) is 1. The molecule has 0 aliphatic rings. The van der Waals surface area contributed by atoms with E-state index in [9.17, 15) is 14.8 Å². The van der Waals surface area contributed by atoms with Gasteiger partial charge in [-0.1, -0.05) is 41.5 Å². The molecule has 26 heavy (non-hydrogen) atoms. The lowest BCUT2D eigenvalue weighted by molar-refractivity contribution is -0.0648. The number of fused-ring (bicyclic) bond motifs is 1. The van der Waals surface area contributed by atoms with Gasteiger partial charge in [-0.05, 0) is 54.4 Å². The summed E-state index contributed by atoms with van der Waals surface area (Å²) in [5.41, 5.74) is 9.09. The summed E-state index contributed by atoms with van der Waals surface area (Å²) < 4.78 is 0. The topological polar surface area (TPSA) is 83.6 Å². The van der Waals surface area contributed by atoms with Crippen molar-refractivity contribution in [2.75, 3.05) is 0 Å². The number of aryl methyl sites for hydroxylation is 2. The van der Waals surface area contributed by atoms with Gasteiger partial charge in [0.2, 0.25) is 5.91 Å². The molecule has 0 saturated heterocycles. The van der Waals surface area contributed by atoms with Crippen LogP contribution in [0.5, 0.6) is 0 Å². The Hall–Kier alpha value is -3.18. The molecule has 5 heteroatoms. The van der Waals surface area contributed by atoms with E-state index in [0.29, 0.717) is 16.2 Å². The van der Waals surface area contributed by atoms with E-state index < -0.39 is 11.8 Å². The lowest BCUT2D eigenvalue weighted by Gasteiger charge is -2.16. The summed E-state index contributed by atoms with van der Waals surface area (Å²) in [6.45, 7) is 4.06. The monoisotopic (exact) mass is 348 g/mol. The van der Waals surface area contributed by atoms with Gasteiger partial charge in [-0.15, -0.1) is 0 Å². The molecule has 0 unspecified atom stereocenters. The molecular weight excluding hydrogens is 328 g/mol. The number of rotatable bonds is 4. The molecule has 0 bridgehead atoms. The molecule has 0 atom stereocenters. The lowest BCUT2D eigenvalue weighted by atomic mass is 10.0. The minimum Gasteiger partial charge on any atom is -0.366 e. The van der Waals surface area contributed by atoms with E-state index in [-0.39, 0.29) is 6.54 Å². The smallest absolute Gasteiger partial charge is 0.277 e. The zero-order chi connectivity index (χ0) is 18.8. The van der Waals surface area contributed by atoms with Crippen LogP contribution < -0.4 is 5.73 Å². The highest BCUT2D eigenvalue weighted by molar-refractivity contribution is 6.01. The summed E-state index contributed by atoms with van der Waals surface area (Å²) in [4.78, 5) is 23.8. The Bertz CT molecular complexity index is 991. The van der Waals surface area contributed by atoms with Gasteiger partial charge in [0.05, 0.1) is 6.54 Å². The van der Waals surface area contributed by atoms with E-state index in [1.54, 1.807) is 36.4 Å². The number of amides is 2. The number of carbonyl (C=O) groups excluding carboxylic acids is 2. The van der Waals surface area contributed by atoms with E-state index in [1.165, 1.54) is 0 Å². The quantitative estimate of drug-likeness (QED) is 0.558. The van der Waals surface area contributed by atoms with Crippen LogP contribution in [0.15, 0.2) is 54.6 Å². The third-order valence-corrected chi connectivity index (χ3v) is 4.22. The molecular formula is C21H20N2O3. The Kier molecular flexibility index (Phi) is 4.73. The molecule has 3 rings (SSSR count). The van der Waals surface area contributed by atoms with Gasteiger partial charge in [0.15, 0.2) is 0 Å². The highest BCUT2D eigenvalue weighted by Gasteiger charge is 2.15. The van der Waals surface area contributed by atoms with Crippen molar-refractivity contribution in [2.24, 2.45) is 5.73 Å². The third-order valence-electron chi connectivity index (χ3n) is 4.22. The van der Waals surface area contributed by atoms with Crippen molar-refractivity contribution in [1.29, 1.82) is 0 Å². The van der Waals surface area contributed by atoms with Gasteiger partial charge in [-0.25, -0.2) is 5.06 Å². The fourth-order valence-corrected chi connectivity index (χ4v) is 3.09. The Balaban J connectivity index is 1.84. The fourth-order valence-electron chi connectivity index (χ4n) is 3.09. The first-order valence-electron chi connectivity index (χ1n) is 8.25. The largest absolute Gasteiger partial charge is 0.366 e. The molecule has 0 aromatic heterocycles. The van der Waals surface area contributed by atoms with Gasteiger partial charge in [0.25, 0.3) is 5.91 Å². The minimum atomic E-state index is -0.498. The van der Waals surface area contributed by atoms with Crippen molar-refractivity contribution >= 4 is 22.6 Å². The molecule has 0 saturated carbocycles. The summed E-state index contributed by atoms with van der Waals surface area (Å²) in [5, 5.41) is 12.5. The van der Waals surface area contributed by atoms with Crippen LogP contribution in [0.4, 0.5) is 0 Å². The maximum absolute atomic E-state index is 12.5. The molecule has 5 nitrogen and oxygen atoms in total. The fraction of sp³-hybridized carbons (Fsp3) is 0.143. The van der Waals surface area contributed by atoms with Crippen LogP contribution in [0.2, 0.25) is 0 Å². The summed E-state index contributed by atoms with van der Waals surface area (Å²) in [6, 6.07) is 16.0. The summed E-state index contributed by atoms with van der Waals surface area (Å²) in [6.07, 6.45) is 0. The van der Waals surface area contributed by atoms with E-state index in [4.69, 9.17) is 5.73 Å². The summed E-state index contributed by atoms with van der Waals surface area (Å²) in [7, 11) is 0. The van der Waals surface area contributed by atoms with Gasteiger partial charge in [0, 0.05) is 11.1 Å². The number of hydrogen-bond donors (Lipinski definition) is 2. The zero-order valence-electron chi connectivity index (χ0n) is 14.7. The van der Waals surface area contributed by atoms with Crippen LogP contribution in [-0.4, -0.2) is 22.1 Å². The van der Waals surface area contributed by atoms with Crippen LogP contribution in [0.3, 0.4) is 0 Å². The van der Waals surface area contributed by atoms with Crippen molar-refractivity contribution in [2.45, 2.75) is 20.4 Å². The van der Waals surface area contributed by atoms with Crippen molar-refractivity contribution < 1.29 is 14.8 Å². The highest BCUT2D eigenvalue weighted by Crippen LogP contribution is 2.19. The van der Waals surface area contributed by atoms with Crippen molar-refractivity contribution in [3.8, 4) is 0 Å². The Morgan fingerprint density at radius 1 is 0.885 bits per heavy atom. The molecule has 0 aliphatic heterocycles. The number of hydrogen-bond acceptors (Lipinski definition) is 3. The average molecular weight is 348 g/mol. The predicted octanol–water partition coefficient (Wildman–Crippen LogP) is 3.59. The van der Waals surface area contributed by atoms with Gasteiger partial charge in [-0.2, -0.15) is 0 Å². The summed E-state index contributed by atoms with van der Waals surface area (Å²) >= 11 is 0. The van der Waals surface area contributed by atoms with Crippen LogP contribution in [0.25, 0.3) is 10.8 Å². The number of primary amides is 1. The first kappa shape index (κ1) is 17.6. The molecule has 0 heterocycles. The standard InChI is InChI=1S/C21H20N2O3/c1-13-7-14(2)9-15(8-13)12-23(26)21(25)19-6-4-16-10-18(20(22)24)5-3-17(16)11-19/h3-11,26H,12H2,1-2H3,(H2,22,24). The molecule has 3 aromatic carbocycles. The van der Waals surface area contributed by atoms with Crippen molar-refractivity contribution in [1.82, 2.24) is 5.06 Å². The number of nitrogens with zero attached hydrogens (tertiary/aromatic N) is 1. The van der Waals surface area contributed by atoms with Gasteiger partial charge in [0.1, 0.15) is 0 Å². The highest BCUT2D eigenvalue weighted by atomic mass is 16.5. The van der Waals surface area contributed by atoms with Crippen molar-refractivity contribution in [3.63, 3.8) is 0 Å². The molecule has 0 aliphatic carbocycles. The van der Waals surface area contributed by atoms with Crippen LogP contribution in [-0.2, 0) is 6.54 Å². The minimum absolute atomic E-state index is 0.111. The van der Waals surface area contributed by atoms with Gasteiger partial charge >= 0.3 is 0 Å². The first-order valence-corrected chi connectivity index (χ1v) is 8.25. The van der Waals surface area contributed by atoms with E-state index in [0.717, 1.165) is 27.5 Å². The lowest BCUT2D eigenvalue weighted by Crippen LogP contribution is -2.27. The Labute approximate surface area is 151 Å². The third kappa shape index (κ3) is 3.73. The van der Waals surface area contributed by atoms with Crippen LogP contribution in [0, 0.1) is 13.8 Å². The second-order valence-corrected chi connectivity index (χ2v) is 6.50. The molecule has 132 valence electrons. The molecule has 3 aromatic rings. The first-order chi connectivity index (χ1) is 12.3. The normalized spacial score (nSPS) is 10.7. The summed E-state index contributed by atoms with van der Waals surface area (Å²) in [5.74, 6) is -0.980. The maximum Gasteiger partial charge on any atom is 0.277 e. The Morgan fingerprint density at radius 2 is 1.42 bits per heavy atom. The van der Waals surface area contributed by atoms with Crippen LogP contribution >= 0.6 is 0 Å². The van der Waals surface area contributed by atoms with E-state index in [1.807, 2.05) is 32.0 Å². The zero-order valence-corrected chi connectivity index (χ0v) is 14.7. The molecule has 0 spiro atoms. The second-order valence-electron chi connectivity index (χ2n) is 6.50. The van der Waals surface area contributed by atoms with E-state index >= 15 is 0 Å². The maximum atomic E-state index is 12.5. The van der Waals surface area contributed by atoms with Crippen LogP contribution in [0.1, 0.15) is 37.4 Å². The molecule has 0 radical (unpaired) electrons. The second kappa shape index (κ2) is 6.98. The SMILES string of the molecule is Cc1cc(C)cc(CN(O)C(=O)c2ccc3cc(C(N)=O)ccc3c2)c1. The predicted molar refractivity (Wildman–Crippen MR) is 100 cm³/mol. The molecule has 3 N–H and O–H groups in total. The number of benzene rings is 3.